The molecule has 0 saturated heterocycles. The van der Waals surface area contributed by atoms with Gasteiger partial charge in [-0.15, -0.1) is 0 Å². The summed E-state index contributed by atoms with van der Waals surface area (Å²) in [5, 5.41) is 12.6. The van der Waals surface area contributed by atoms with Crippen LogP contribution in [0, 0.1) is 0 Å². The van der Waals surface area contributed by atoms with Crippen LogP contribution in [0.4, 0.5) is 0 Å². The molecule has 1 rings (SSSR count). The van der Waals surface area contributed by atoms with E-state index < -0.39 is 0 Å². The van der Waals surface area contributed by atoms with Crippen molar-refractivity contribution in [3.8, 4) is 11.5 Å². The molecule has 0 bridgehead atoms. The number of nitrogens with one attached hydrogen (secondary N) is 1. The van der Waals surface area contributed by atoms with Crippen molar-refractivity contribution < 1.29 is 19.3 Å². The lowest BCUT2D eigenvalue weighted by Gasteiger charge is -2.17. The standard InChI is InChI=1S/C15H24ClNO4/c1-11(2)17-10-12-8-13(16)9-14(19-3)15(12)21-7-6-20-5-4-18/h8-9,11,17-18H,4-7,10H2,1-3H3. The molecule has 6 heteroatoms. The van der Waals surface area contributed by atoms with Gasteiger partial charge < -0.3 is 24.6 Å². The lowest BCUT2D eigenvalue weighted by Crippen LogP contribution is -2.22. The van der Waals surface area contributed by atoms with Gasteiger partial charge in [-0.3, -0.25) is 0 Å². The average molecular weight is 318 g/mol. The number of hydrogen-bond acceptors (Lipinski definition) is 5. The van der Waals surface area contributed by atoms with Gasteiger partial charge in [0.2, 0.25) is 0 Å². The molecule has 0 amide bonds. The number of aliphatic hydroxyl groups is 1. The average Bonchev–Trinajstić information content (AvgIpc) is 2.45. The highest BCUT2D eigenvalue weighted by Gasteiger charge is 2.13. The van der Waals surface area contributed by atoms with Crippen LogP contribution in [0.2, 0.25) is 5.02 Å². The zero-order valence-electron chi connectivity index (χ0n) is 12.8. The number of halogens is 1. The third-order valence-corrected chi connectivity index (χ3v) is 2.95. The Morgan fingerprint density at radius 1 is 1.24 bits per heavy atom. The van der Waals surface area contributed by atoms with E-state index in [0.717, 1.165) is 5.56 Å². The van der Waals surface area contributed by atoms with Gasteiger partial charge in [0, 0.05) is 29.2 Å². The first-order valence-corrected chi connectivity index (χ1v) is 7.37. The highest BCUT2D eigenvalue weighted by molar-refractivity contribution is 6.30. The van der Waals surface area contributed by atoms with Crippen LogP contribution in [0.3, 0.4) is 0 Å². The van der Waals surface area contributed by atoms with Crippen molar-refractivity contribution in [2.45, 2.75) is 26.4 Å². The molecule has 0 unspecified atom stereocenters. The van der Waals surface area contributed by atoms with Crippen molar-refractivity contribution in [2.24, 2.45) is 0 Å². The number of hydrogen-bond donors (Lipinski definition) is 2. The molecule has 0 radical (unpaired) electrons. The first-order valence-electron chi connectivity index (χ1n) is 6.99. The van der Waals surface area contributed by atoms with Crippen LogP contribution in [-0.4, -0.2) is 44.7 Å². The summed E-state index contributed by atoms with van der Waals surface area (Å²) in [4.78, 5) is 0. The number of rotatable bonds is 10. The molecule has 0 fully saturated rings. The predicted molar refractivity (Wildman–Crippen MR) is 83.4 cm³/mol. The second-order valence-corrected chi connectivity index (χ2v) is 5.25. The van der Waals surface area contributed by atoms with Gasteiger partial charge in [0.25, 0.3) is 0 Å². The maximum atomic E-state index is 8.65. The molecular formula is C15H24ClNO4. The van der Waals surface area contributed by atoms with Crippen LogP contribution in [-0.2, 0) is 11.3 Å². The lowest BCUT2D eigenvalue weighted by molar-refractivity contribution is 0.0696. The molecule has 0 aliphatic carbocycles. The van der Waals surface area contributed by atoms with Crippen molar-refractivity contribution >= 4 is 11.6 Å². The van der Waals surface area contributed by atoms with Crippen LogP contribution in [0.5, 0.6) is 11.5 Å². The van der Waals surface area contributed by atoms with E-state index in [1.54, 1.807) is 13.2 Å². The van der Waals surface area contributed by atoms with Crippen molar-refractivity contribution in [2.75, 3.05) is 33.5 Å². The zero-order valence-corrected chi connectivity index (χ0v) is 13.6. The number of methoxy groups -OCH3 is 1. The van der Waals surface area contributed by atoms with Crippen LogP contribution >= 0.6 is 11.6 Å². The van der Waals surface area contributed by atoms with Crippen molar-refractivity contribution in [1.82, 2.24) is 5.32 Å². The Kier molecular flexibility index (Phi) is 8.45. The normalized spacial score (nSPS) is 11.0. The Bertz CT molecular complexity index is 426. The molecule has 0 aromatic heterocycles. The molecule has 0 aliphatic rings. The second kappa shape index (κ2) is 9.84. The molecular weight excluding hydrogens is 294 g/mol. The van der Waals surface area contributed by atoms with Gasteiger partial charge in [-0.2, -0.15) is 0 Å². The summed E-state index contributed by atoms with van der Waals surface area (Å²) >= 11 is 6.10. The molecule has 1 aromatic rings. The van der Waals surface area contributed by atoms with E-state index in [0.29, 0.717) is 48.9 Å². The van der Waals surface area contributed by atoms with Gasteiger partial charge in [0.1, 0.15) is 6.61 Å². The van der Waals surface area contributed by atoms with E-state index in [9.17, 15) is 0 Å². The highest BCUT2D eigenvalue weighted by Crippen LogP contribution is 2.34. The Morgan fingerprint density at radius 3 is 2.62 bits per heavy atom. The first kappa shape index (κ1) is 18.0. The summed E-state index contributed by atoms with van der Waals surface area (Å²) in [6.07, 6.45) is 0. The van der Waals surface area contributed by atoms with Gasteiger partial charge in [0.15, 0.2) is 11.5 Å². The fourth-order valence-electron chi connectivity index (χ4n) is 1.75. The lowest BCUT2D eigenvalue weighted by atomic mass is 10.1. The second-order valence-electron chi connectivity index (χ2n) is 4.82. The molecule has 120 valence electrons. The van der Waals surface area contributed by atoms with E-state index in [1.165, 1.54) is 0 Å². The summed E-state index contributed by atoms with van der Waals surface area (Å²) in [5.74, 6) is 1.27. The SMILES string of the molecule is COc1cc(Cl)cc(CNC(C)C)c1OCCOCCO. The van der Waals surface area contributed by atoms with Gasteiger partial charge in [0.05, 0.1) is 26.9 Å². The van der Waals surface area contributed by atoms with Crippen molar-refractivity contribution in [3.05, 3.63) is 22.7 Å². The summed E-state index contributed by atoms with van der Waals surface area (Å²) in [6, 6.07) is 3.95. The fraction of sp³-hybridized carbons (Fsp3) is 0.600. The van der Waals surface area contributed by atoms with E-state index in [-0.39, 0.29) is 6.61 Å². The van der Waals surface area contributed by atoms with Gasteiger partial charge in [-0.25, -0.2) is 0 Å². The van der Waals surface area contributed by atoms with E-state index in [2.05, 4.69) is 19.2 Å². The van der Waals surface area contributed by atoms with Crippen LogP contribution in [0.1, 0.15) is 19.4 Å². The molecule has 5 nitrogen and oxygen atoms in total. The zero-order chi connectivity index (χ0) is 15.7. The van der Waals surface area contributed by atoms with Crippen molar-refractivity contribution in [1.29, 1.82) is 0 Å². The number of benzene rings is 1. The van der Waals surface area contributed by atoms with E-state index in [1.807, 2.05) is 6.07 Å². The molecule has 21 heavy (non-hydrogen) atoms. The van der Waals surface area contributed by atoms with Crippen LogP contribution in [0.25, 0.3) is 0 Å². The maximum absolute atomic E-state index is 8.65. The molecule has 0 heterocycles. The summed E-state index contributed by atoms with van der Waals surface area (Å²) in [6.45, 7) is 5.89. The van der Waals surface area contributed by atoms with Gasteiger partial charge in [-0.1, -0.05) is 25.4 Å². The Hall–Kier alpha value is -1.01. The smallest absolute Gasteiger partial charge is 0.165 e. The molecule has 2 N–H and O–H groups in total. The highest BCUT2D eigenvalue weighted by atomic mass is 35.5. The third-order valence-electron chi connectivity index (χ3n) is 2.73. The summed E-state index contributed by atoms with van der Waals surface area (Å²) in [5.41, 5.74) is 0.940. The topological polar surface area (TPSA) is 60.0 Å². The maximum Gasteiger partial charge on any atom is 0.165 e. The molecule has 0 aliphatic heterocycles. The number of aliphatic hydroxyl groups excluding tert-OH is 1. The number of ether oxygens (including phenoxy) is 3. The quantitative estimate of drug-likeness (QED) is 0.648. The minimum atomic E-state index is 0.00776. The first-order chi connectivity index (χ1) is 10.1. The Labute approximate surface area is 131 Å². The minimum Gasteiger partial charge on any atom is -0.493 e. The van der Waals surface area contributed by atoms with Crippen molar-refractivity contribution in [3.63, 3.8) is 0 Å². The predicted octanol–water partition coefficient (Wildman–Crippen LogP) is 2.23. The third kappa shape index (κ3) is 6.52. The fourth-order valence-corrected chi connectivity index (χ4v) is 1.98. The molecule has 1 aromatic carbocycles. The van der Waals surface area contributed by atoms with Crippen LogP contribution in [0.15, 0.2) is 12.1 Å². The van der Waals surface area contributed by atoms with Crippen LogP contribution < -0.4 is 14.8 Å². The minimum absolute atomic E-state index is 0.00776. The largest absolute Gasteiger partial charge is 0.493 e. The van der Waals surface area contributed by atoms with E-state index >= 15 is 0 Å². The molecule has 0 atom stereocenters. The summed E-state index contributed by atoms with van der Waals surface area (Å²) < 4.78 is 16.3. The Morgan fingerprint density at radius 2 is 2.00 bits per heavy atom. The van der Waals surface area contributed by atoms with Gasteiger partial charge in [-0.05, 0) is 6.07 Å². The monoisotopic (exact) mass is 317 g/mol. The molecule has 0 spiro atoms. The summed E-state index contributed by atoms with van der Waals surface area (Å²) in [7, 11) is 1.58. The molecule has 0 saturated carbocycles. The van der Waals surface area contributed by atoms with E-state index in [4.69, 9.17) is 30.9 Å². The van der Waals surface area contributed by atoms with Gasteiger partial charge >= 0.3 is 0 Å². The Balaban J connectivity index is 2.76.